The van der Waals surface area contributed by atoms with Gasteiger partial charge in [-0.1, -0.05) is 146 Å². The van der Waals surface area contributed by atoms with Crippen LogP contribution in [0.1, 0.15) is 53.6 Å². The molecule has 0 fully saturated rings. The van der Waals surface area contributed by atoms with Crippen LogP contribution in [0, 0.1) is 0 Å². The molecule has 0 bridgehead atoms. The van der Waals surface area contributed by atoms with E-state index in [9.17, 15) is 0 Å². The highest BCUT2D eigenvalue weighted by molar-refractivity contribution is 6.24. The molecule has 10 aromatic rings. The summed E-state index contributed by atoms with van der Waals surface area (Å²) in [4.78, 5) is 16.0. The number of aliphatic imine (C=N–C) groups is 1. The van der Waals surface area contributed by atoms with Crippen LogP contribution < -0.4 is 0 Å². The minimum atomic E-state index is 0.953. The molecule has 0 spiro atoms. The highest BCUT2D eigenvalue weighted by Gasteiger charge is 2.26. The smallest absolute Gasteiger partial charge is 0.0925 e. The van der Waals surface area contributed by atoms with Crippen molar-refractivity contribution < 1.29 is 0 Å². The lowest BCUT2D eigenvalue weighted by molar-refractivity contribution is 0.820. The summed E-state index contributed by atoms with van der Waals surface area (Å²) >= 11 is 0. The number of hydrogen-bond acceptors (Lipinski definition) is 3. The number of hydrogen-bond donors (Lipinski definition) is 0. The summed E-state index contributed by atoms with van der Waals surface area (Å²) in [6.07, 6.45) is 10.8. The van der Waals surface area contributed by atoms with Crippen molar-refractivity contribution in [1.29, 1.82) is 0 Å². The van der Waals surface area contributed by atoms with Gasteiger partial charge in [-0.25, -0.2) is 9.97 Å². The average molecular weight is 792 g/mol. The van der Waals surface area contributed by atoms with E-state index in [1.165, 1.54) is 87.4 Å². The molecule has 3 heterocycles. The second kappa shape index (κ2) is 14.0. The maximum absolute atomic E-state index is 5.45. The third kappa shape index (κ3) is 5.62. The minimum absolute atomic E-state index is 0.953. The Balaban J connectivity index is 0.874. The van der Waals surface area contributed by atoms with Gasteiger partial charge in [0.15, 0.2) is 0 Å². The van der Waals surface area contributed by atoms with Gasteiger partial charge in [-0.05, 0) is 146 Å². The van der Waals surface area contributed by atoms with Gasteiger partial charge in [0.25, 0.3) is 0 Å². The van der Waals surface area contributed by atoms with Gasteiger partial charge in [-0.3, -0.25) is 4.99 Å². The zero-order chi connectivity index (χ0) is 40.7. The molecular formula is C59H41N3. The SMILES string of the molecule is C1=Cc2c(c3c4ccccc4nc(-c4cccc(-c5ccc6c(ccc7cc(C8=NC9=C(CC8)CCc8ccc(-c%10ccccc%10)nc89)ccc76)c5)c4)c3c3ccccc23)CC1. The molecule has 62 heavy (non-hydrogen) atoms. The molecule has 1 aliphatic heterocycles. The molecule has 292 valence electrons. The van der Waals surface area contributed by atoms with E-state index in [4.69, 9.17) is 15.0 Å². The Bertz CT molecular complexity index is 3630. The Kier molecular flexibility index (Phi) is 7.99. The van der Waals surface area contributed by atoms with E-state index in [1.807, 2.05) is 0 Å². The second-order valence-corrected chi connectivity index (χ2v) is 17.2. The number of aryl methyl sites for hydroxylation is 2. The normalized spacial score (nSPS) is 14.7. The van der Waals surface area contributed by atoms with Gasteiger partial charge in [-0.2, -0.15) is 0 Å². The summed E-state index contributed by atoms with van der Waals surface area (Å²) in [7, 11) is 0. The molecule has 2 aromatic heterocycles. The Morgan fingerprint density at radius 1 is 0.419 bits per heavy atom. The minimum Gasteiger partial charge on any atom is -0.251 e. The number of nitrogens with zero attached hydrogens (tertiary/aromatic N) is 3. The monoisotopic (exact) mass is 791 g/mol. The van der Waals surface area contributed by atoms with Gasteiger partial charge in [-0.15, -0.1) is 0 Å². The predicted octanol–water partition coefficient (Wildman–Crippen LogP) is 15.1. The van der Waals surface area contributed by atoms with Gasteiger partial charge in [0, 0.05) is 27.6 Å². The Morgan fingerprint density at radius 3 is 2.00 bits per heavy atom. The highest BCUT2D eigenvalue weighted by atomic mass is 14.9. The zero-order valence-electron chi connectivity index (χ0n) is 34.3. The first-order valence-corrected chi connectivity index (χ1v) is 22.1. The molecule has 0 atom stereocenters. The van der Waals surface area contributed by atoms with E-state index >= 15 is 0 Å². The van der Waals surface area contributed by atoms with Crippen LogP contribution in [0.2, 0.25) is 0 Å². The summed E-state index contributed by atoms with van der Waals surface area (Å²) < 4.78 is 0. The van der Waals surface area contributed by atoms with Gasteiger partial charge < -0.3 is 0 Å². The molecule has 0 radical (unpaired) electrons. The van der Waals surface area contributed by atoms with Crippen LogP contribution in [0.5, 0.6) is 0 Å². The lowest BCUT2D eigenvalue weighted by atomic mass is 9.84. The fourth-order valence-electron chi connectivity index (χ4n) is 10.7. The van der Waals surface area contributed by atoms with E-state index in [0.29, 0.717) is 0 Å². The topological polar surface area (TPSA) is 38.1 Å². The molecule has 3 heteroatoms. The maximum atomic E-state index is 5.45. The molecule has 0 amide bonds. The number of benzene rings is 8. The molecule has 13 rings (SSSR count). The van der Waals surface area contributed by atoms with Crippen LogP contribution in [-0.2, 0) is 12.8 Å². The molecule has 0 saturated heterocycles. The van der Waals surface area contributed by atoms with Crippen molar-refractivity contribution in [2.75, 3.05) is 0 Å². The molecule has 2 aliphatic carbocycles. The van der Waals surface area contributed by atoms with Crippen molar-refractivity contribution in [2.45, 2.75) is 38.5 Å². The summed E-state index contributed by atoms with van der Waals surface area (Å²) in [6, 6.07) is 59.9. The van der Waals surface area contributed by atoms with Gasteiger partial charge in [0.05, 0.1) is 28.3 Å². The lowest BCUT2D eigenvalue weighted by Crippen LogP contribution is -2.14. The Morgan fingerprint density at radius 2 is 1.13 bits per heavy atom. The van der Waals surface area contributed by atoms with E-state index < -0.39 is 0 Å². The number of aromatic nitrogens is 2. The van der Waals surface area contributed by atoms with Crippen LogP contribution >= 0.6 is 0 Å². The van der Waals surface area contributed by atoms with Crippen molar-refractivity contribution in [2.24, 2.45) is 4.99 Å². The number of para-hydroxylation sites is 1. The van der Waals surface area contributed by atoms with Crippen LogP contribution in [-0.4, -0.2) is 15.7 Å². The maximum Gasteiger partial charge on any atom is 0.0925 e. The van der Waals surface area contributed by atoms with E-state index in [-0.39, 0.29) is 0 Å². The molecule has 0 saturated carbocycles. The lowest BCUT2D eigenvalue weighted by Gasteiger charge is -2.25. The number of rotatable bonds is 4. The third-order valence-corrected chi connectivity index (χ3v) is 13.7. The number of allylic oxidation sites excluding steroid dienone is 2. The van der Waals surface area contributed by atoms with Crippen molar-refractivity contribution in [3.8, 4) is 33.6 Å². The van der Waals surface area contributed by atoms with Crippen LogP contribution in [0.3, 0.4) is 0 Å². The molecule has 0 unspecified atom stereocenters. The van der Waals surface area contributed by atoms with Crippen molar-refractivity contribution in [1.82, 2.24) is 9.97 Å². The molecule has 0 N–H and O–H groups in total. The molecule has 8 aromatic carbocycles. The fourth-order valence-corrected chi connectivity index (χ4v) is 10.7. The van der Waals surface area contributed by atoms with Crippen molar-refractivity contribution >= 4 is 71.5 Å². The number of fused-ring (bicyclic) bond motifs is 13. The molecule has 3 aliphatic rings. The van der Waals surface area contributed by atoms with E-state index in [0.717, 1.165) is 83.7 Å². The standard InChI is InChI=1S/C59H41N3/c1-2-11-36(12-3-1)52-31-27-37-21-22-38-28-32-53(61-59(38)58(37)60-52)43-26-30-46-42(35-43)24-23-41-33-40(25-29-45(41)46)39-13-10-14-44(34-39)57-56-50-18-7-5-16-48(50)47-15-4-6-17-49(47)55(56)51-19-8-9-20-54(51)62-57/h1-5,7-16,18-20,23-27,29-31,33-35H,6,17,21-22,28,32H2. The largest absolute Gasteiger partial charge is 0.251 e. The van der Waals surface area contributed by atoms with E-state index in [2.05, 4.69) is 176 Å². The third-order valence-electron chi connectivity index (χ3n) is 13.7. The van der Waals surface area contributed by atoms with Crippen molar-refractivity contribution in [3.05, 3.63) is 203 Å². The molecule has 3 nitrogen and oxygen atoms in total. The van der Waals surface area contributed by atoms with Crippen LogP contribution in [0.15, 0.2) is 180 Å². The summed E-state index contributed by atoms with van der Waals surface area (Å²) in [5, 5.41) is 11.4. The first-order chi connectivity index (χ1) is 30.7. The number of pyridine rings is 2. The fraction of sp³-hybridized carbons (Fsp3) is 0.102. The summed E-state index contributed by atoms with van der Waals surface area (Å²) in [5.74, 6) is 0. The Hall–Kier alpha value is -7.49. The average Bonchev–Trinajstić information content (AvgIpc) is 3.35. The first-order valence-electron chi connectivity index (χ1n) is 22.1. The summed E-state index contributed by atoms with van der Waals surface area (Å²) in [5.41, 5.74) is 17.8. The molecular weight excluding hydrogens is 751 g/mol. The van der Waals surface area contributed by atoms with Crippen LogP contribution in [0.4, 0.5) is 0 Å². The van der Waals surface area contributed by atoms with E-state index in [1.54, 1.807) is 0 Å². The van der Waals surface area contributed by atoms with Crippen molar-refractivity contribution in [3.63, 3.8) is 0 Å². The Labute approximate surface area is 360 Å². The second-order valence-electron chi connectivity index (χ2n) is 17.2. The van der Waals surface area contributed by atoms with Gasteiger partial charge in [0.1, 0.15) is 0 Å². The van der Waals surface area contributed by atoms with Gasteiger partial charge in [0.2, 0.25) is 0 Å². The van der Waals surface area contributed by atoms with Crippen LogP contribution in [0.25, 0.3) is 99.4 Å². The summed E-state index contributed by atoms with van der Waals surface area (Å²) in [6.45, 7) is 0. The highest BCUT2D eigenvalue weighted by Crippen LogP contribution is 2.44. The predicted molar refractivity (Wildman–Crippen MR) is 261 cm³/mol. The van der Waals surface area contributed by atoms with Gasteiger partial charge >= 0.3 is 0 Å². The zero-order valence-corrected chi connectivity index (χ0v) is 34.3. The quantitative estimate of drug-likeness (QED) is 0.167. The first kappa shape index (κ1) is 35.3.